The highest BCUT2D eigenvalue weighted by molar-refractivity contribution is 7.10. The van der Waals surface area contributed by atoms with Gasteiger partial charge in [0, 0.05) is 36.6 Å². The monoisotopic (exact) mass is 264 g/mol. The molecule has 0 bridgehead atoms. The summed E-state index contributed by atoms with van der Waals surface area (Å²) in [5, 5.41) is 6.00. The standard InChI is InChI=1S/C15H24N2S/c1-3-13-8-16-14(12-4-5-12)9-17(13)10-15-11(2)6-7-18-15/h6-7,12-14,16H,3-5,8-10H2,1-2H3. The molecule has 2 heterocycles. The van der Waals surface area contributed by atoms with Crippen LogP contribution in [0.2, 0.25) is 0 Å². The molecule has 1 saturated carbocycles. The summed E-state index contributed by atoms with van der Waals surface area (Å²) in [4.78, 5) is 4.28. The number of aryl methyl sites for hydroxylation is 1. The Morgan fingerprint density at radius 2 is 2.28 bits per heavy atom. The fourth-order valence-electron chi connectivity index (χ4n) is 3.04. The van der Waals surface area contributed by atoms with Gasteiger partial charge in [0.05, 0.1) is 0 Å². The van der Waals surface area contributed by atoms with E-state index in [1.165, 1.54) is 37.9 Å². The quantitative estimate of drug-likeness (QED) is 0.899. The molecule has 1 N–H and O–H groups in total. The Bertz CT molecular complexity index is 397. The summed E-state index contributed by atoms with van der Waals surface area (Å²) in [7, 11) is 0. The lowest BCUT2D eigenvalue weighted by Crippen LogP contribution is -2.56. The zero-order chi connectivity index (χ0) is 12.5. The molecule has 100 valence electrons. The van der Waals surface area contributed by atoms with Gasteiger partial charge in [-0.05, 0) is 49.1 Å². The van der Waals surface area contributed by atoms with Crippen molar-refractivity contribution in [3.8, 4) is 0 Å². The Labute approximate surface area is 114 Å². The molecule has 3 heteroatoms. The average molecular weight is 264 g/mol. The van der Waals surface area contributed by atoms with Crippen LogP contribution < -0.4 is 5.32 Å². The Morgan fingerprint density at radius 3 is 2.89 bits per heavy atom. The highest BCUT2D eigenvalue weighted by atomic mass is 32.1. The predicted molar refractivity (Wildman–Crippen MR) is 78.1 cm³/mol. The van der Waals surface area contributed by atoms with Crippen LogP contribution in [0.1, 0.15) is 36.6 Å². The van der Waals surface area contributed by atoms with Crippen molar-refractivity contribution in [2.45, 2.75) is 51.7 Å². The van der Waals surface area contributed by atoms with Gasteiger partial charge in [-0.3, -0.25) is 4.90 Å². The van der Waals surface area contributed by atoms with E-state index in [1.807, 2.05) is 11.3 Å². The Kier molecular flexibility index (Phi) is 3.73. The molecule has 0 radical (unpaired) electrons. The van der Waals surface area contributed by atoms with Crippen LogP contribution in [0.4, 0.5) is 0 Å². The number of piperazine rings is 1. The van der Waals surface area contributed by atoms with Crippen molar-refractivity contribution in [3.05, 3.63) is 21.9 Å². The maximum Gasteiger partial charge on any atom is 0.0334 e. The summed E-state index contributed by atoms with van der Waals surface area (Å²) in [5.41, 5.74) is 1.47. The van der Waals surface area contributed by atoms with Gasteiger partial charge in [0.25, 0.3) is 0 Å². The van der Waals surface area contributed by atoms with E-state index < -0.39 is 0 Å². The number of thiophene rings is 1. The zero-order valence-electron chi connectivity index (χ0n) is 11.5. The first-order chi connectivity index (χ1) is 8.78. The molecule has 18 heavy (non-hydrogen) atoms. The van der Waals surface area contributed by atoms with Crippen LogP contribution in [0.5, 0.6) is 0 Å². The Morgan fingerprint density at radius 1 is 1.44 bits per heavy atom. The van der Waals surface area contributed by atoms with Crippen molar-refractivity contribution in [1.82, 2.24) is 10.2 Å². The first-order valence-electron chi connectivity index (χ1n) is 7.28. The first kappa shape index (κ1) is 12.6. The molecule has 0 aromatic carbocycles. The average Bonchev–Trinajstić information content (AvgIpc) is 3.15. The first-order valence-corrected chi connectivity index (χ1v) is 8.16. The van der Waals surface area contributed by atoms with Gasteiger partial charge in [-0.15, -0.1) is 11.3 Å². The van der Waals surface area contributed by atoms with Crippen LogP contribution in [-0.2, 0) is 6.54 Å². The summed E-state index contributed by atoms with van der Waals surface area (Å²) < 4.78 is 0. The molecule has 1 aromatic heterocycles. The fraction of sp³-hybridized carbons (Fsp3) is 0.733. The van der Waals surface area contributed by atoms with Crippen LogP contribution in [0.15, 0.2) is 11.4 Å². The number of rotatable bonds is 4. The third-order valence-electron chi connectivity index (χ3n) is 4.54. The van der Waals surface area contributed by atoms with E-state index in [0.29, 0.717) is 0 Å². The minimum atomic E-state index is 0.724. The summed E-state index contributed by atoms with van der Waals surface area (Å²) >= 11 is 1.92. The molecule has 2 aliphatic rings. The van der Waals surface area contributed by atoms with Gasteiger partial charge < -0.3 is 5.32 Å². The van der Waals surface area contributed by atoms with Crippen molar-refractivity contribution in [2.75, 3.05) is 13.1 Å². The van der Waals surface area contributed by atoms with Gasteiger partial charge in [0.2, 0.25) is 0 Å². The SMILES string of the molecule is CCC1CNC(C2CC2)CN1Cc1sccc1C. The molecular weight excluding hydrogens is 240 g/mol. The van der Waals surface area contributed by atoms with Gasteiger partial charge in [0.15, 0.2) is 0 Å². The summed E-state index contributed by atoms with van der Waals surface area (Å²) in [6.45, 7) is 8.15. The smallest absolute Gasteiger partial charge is 0.0334 e. The molecule has 1 aliphatic carbocycles. The van der Waals surface area contributed by atoms with Gasteiger partial charge >= 0.3 is 0 Å². The molecule has 3 rings (SSSR count). The largest absolute Gasteiger partial charge is 0.311 e. The highest BCUT2D eigenvalue weighted by Gasteiger charge is 2.36. The molecular formula is C15H24N2S. The van der Waals surface area contributed by atoms with Gasteiger partial charge in [-0.1, -0.05) is 6.92 Å². The van der Waals surface area contributed by atoms with Crippen LogP contribution in [-0.4, -0.2) is 30.1 Å². The summed E-state index contributed by atoms with van der Waals surface area (Å²) in [6, 6.07) is 3.73. The second-order valence-electron chi connectivity index (χ2n) is 5.87. The highest BCUT2D eigenvalue weighted by Crippen LogP contribution is 2.35. The lowest BCUT2D eigenvalue weighted by Gasteiger charge is -2.40. The van der Waals surface area contributed by atoms with E-state index >= 15 is 0 Å². The zero-order valence-corrected chi connectivity index (χ0v) is 12.3. The van der Waals surface area contributed by atoms with E-state index in [-0.39, 0.29) is 0 Å². The Hall–Kier alpha value is -0.380. The number of hydrogen-bond acceptors (Lipinski definition) is 3. The molecule has 2 fully saturated rings. The minimum absolute atomic E-state index is 0.724. The maximum atomic E-state index is 3.77. The van der Waals surface area contributed by atoms with Gasteiger partial charge in [-0.2, -0.15) is 0 Å². The molecule has 0 spiro atoms. The van der Waals surface area contributed by atoms with Gasteiger partial charge in [0.1, 0.15) is 0 Å². The van der Waals surface area contributed by atoms with Crippen molar-refractivity contribution in [1.29, 1.82) is 0 Å². The van der Waals surface area contributed by atoms with Crippen LogP contribution in [0.3, 0.4) is 0 Å². The van der Waals surface area contributed by atoms with Crippen molar-refractivity contribution < 1.29 is 0 Å². The second-order valence-corrected chi connectivity index (χ2v) is 6.87. The third kappa shape index (κ3) is 2.63. The molecule has 2 atom stereocenters. The van der Waals surface area contributed by atoms with Crippen molar-refractivity contribution in [3.63, 3.8) is 0 Å². The molecule has 2 nitrogen and oxygen atoms in total. The van der Waals surface area contributed by atoms with Crippen LogP contribution in [0.25, 0.3) is 0 Å². The van der Waals surface area contributed by atoms with Crippen LogP contribution in [0, 0.1) is 12.8 Å². The van der Waals surface area contributed by atoms with E-state index in [1.54, 1.807) is 4.88 Å². The van der Waals surface area contributed by atoms with Gasteiger partial charge in [-0.25, -0.2) is 0 Å². The maximum absolute atomic E-state index is 3.77. The fourth-order valence-corrected chi connectivity index (χ4v) is 3.97. The third-order valence-corrected chi connectivity index (χ3v) is 5.55. The number of nitrogens with zero attached hydrogens (tertiary/aromatic N) is 1. The number of hydrogen-bond donors (Lipinski definition) is 1. The molecule has 1 aliphatic heterocycles. The minimum Gasteiger partial charge on any atom is -0.311 e. The summed E-state index contributed by atoms with van der Waals surface area (Å²) in [6.07, 6.45) is 4.15. The summed E-state index contributed by atoms with van der Waals surface area (Å²) in [5.74, 6) is 0.967. The van der Waals surface area contributed by atoms with E-state index in [0.717, 1.165) is 24.5 Å². The lowest BCUT2D eigenvalue weighted by molar-refractivity contribution is 0.112. The van der Waals surface area contributed by atoms with E-state index in [9.17, 15) is 0 Å². The lowest BCUT2D eigenvalue weighted by atomic mass is 10.0. The predicted octanol–water partition coefficient (Wildman–Crippen LogP) is 3.02. The second kappa shape index (κ2) is 5.32. The molecule has 1 saturated heterocycles. The number of nitrogens with one attached hydrogen (secondary N) is 1. The molecule has 1 aromatic rings. The molecule has 0 amide bonds. The Balaban J connectivity index is 1.67. The normalized spacial score (nSPS) is 29.7. The van der Waals surface area contributed by atoms with Crippen LogP contribution >= 0.6 is 11.3 Å². The molecule has 2 unspecified atom stereocenters. The van der Waals surface area contributed by atoms with E-state index in [2.05, 4.69) is 35.5 Å². The van der Waals surface area contributed by atoms with E-state index in [4.69, 9.17) is 0 Å². The topological polar surface area (TPSA) is 15.3 Å². The van der Waals surface area contributed by atoms with Crippen molar-refractivity contribution >= 4 is 11.3 Å². The van der Waals surface area contributed by atoms with Crippen molar-refractivity contribution in [2.24, 2.45) is 5.92 Å².